The summed E-state index contributed by atoms with van der Waals surface area (Å²) in [6.45, 7) is 11.7. The van der Waals surface area contributed by atoms with E-state index in [0.29, 0.717) is 17.6 Å². The van der Waals surface area contributed by atoms with Crippen LogP contribution in [0.2, 0.25) is 0 Å². The van der Waals surface area contributed by atoms with Gasteiger partial charge in [-0.3, -0.25) is 0 Å². The van der Waals surface area contributed by atoms with Crippen molar-refractivity contribution in [2.45, 2.75) is 59.5 Å². The van der Waals surface area contributed by atoms with Gasteiger partial charge in [0.05, 0.1) is 5.69 Å². The molecule has 2 unspecified atom stereocenters. The fourth-order valence-electron chi connectivity index (χ4n) is 2.63. The van der Waals surface area contributed by atoms with Gasteiger partial charge in [-0.25, -0.2) is 4.39 Å². The van der Waals surface area contributed by atoms with Gasteiger partial charge in [0.2, 0.25) is 0 Å². The summed E-state index contributed by atoms with van der Waals surface area (Å²) in [7, 11) is 1.98. The maximum atomic E-state index is 14.4. The van der Waals surface area contributed by atoms with Crippen LogP contribution in [0.4, 0.5) is 10.1 Å². The predicted molar refractivity (Wildman–Crippen MR) is 90.4 cm³/mol. The number of benzene rings is 1. The monoisotopic (exact) mass is 294 g/mol. The first-order valence-electron chi connectivity index (χ1n) is 8.12. The number of nitrogens with one attached hydrogen (secondary N) is 1. The fraction of sp³-hybridized carbons (Fsp3) is 0.667. The normalized spacial score (nSPS) is 14.3. The van der Waals surface area contributed by atoms with E-state index < -0.39 is 0 Å². The van der Waals surface area contributed by atoms with Gasteiger partial charge in [-0.05, 0) is 56.8 Å². The van der Waals surface area contributed by atoms with Crippen LogP contribution in [-0.4, -0.2) is 19.6 Å². The van der Waals surface area contributed by atoms with Crippen molar-refractivity contribution in [2.24, 2.45) is 5.92 Å². The van der Waals surface area contributed by atoms with Crippen molar-refractivity contribution in [3.05, 3.63) is 29.6 Å². The minimum Gasteiger partial charge on any atom is -0.370 e. The number of anilines is 1. The quantitative estimate of drug-likeness (QED) is 0.744. The zero-order valence-electron chi connectivity index (χ0n) is 14.4. The maximum absolute atomic E-state index is 14.4. The molecule has 1 aromatic rings. The lowest BCUT2D eigenvalue weighted by molar-refractivity contribution is 0.497. The number of nitrogens with zero attached hydrogens (tertiary/aromatic N) is 1. The second kappa shape index (κ2) is 8.38. The molecule has 3 heteroatoms. The van der Waals surface area contributed by atoms with Crippen LogP contribution in [0.25, 0.3) is 0 Å². The maximum Gasteiger partial charge on any atom is 0.146 e. The first-order chi connectivity index (χ1) is 9.86. The Kier molecular flexibility index (Phi) is 7.16. The van der Waals surface area contributed by atoms with Crippen molar-refractivity contribution in [2.75, 3.05) is 18.5 Å². The Hall–Kier alpha value is -1.09. The summed E-state index contributed by atoms with van der Waals surface area (Å²) in [6.07, 6.45) is 2.15. The average Bonchev–Trinajstić information content (AvgIpc) is 2.43. The number of hydrogen-bond acceptors (Lipinski definition) is 2. The lowest BCUT2D eigenvalue weighted by atomic mass is 10.0. The third kappa shape index (κ3) is 5.31. The molecule has 0 amide bonds. The topological polar surface area (TPSA) is 15.3 Å². The molecular formula is C18H31FN2. The molecule has 1 N–H and O–H groups in total. The van der Waals surface area contributed by atoms with Crippen molar-refractivity contribution in [3.8, 4) is 0 Å². The molecule has 21 heavy (non-hydrogen) atoms. The predicted octanol–water partition coefficient (Wildman–Crippen LogP) is 4.76. The zero-order chi connectivity index (χ0) is 16.0. The van der Waals surface area contributed by atoms with Crippen LogP contribution in [-0.2, 0) is 0 Å². The highest BCUT2D eigenvalue weighted by Crippen LogP contribution is 2.25. The molecule has 0 saturated carbocycles. The van der Waals surface area contributed by atoms with Gasteiger partial charge in [0, 0.05) is 19.1 Å². The summed E-state index contributed by atoms with van der Waals surface area (Å²) in [4.78, 5) is 2.04. The van der Waals surface area contributed by atoms with Crippen LogP contribution in [0.15, 0.2) is 18.2 Å². The van der Waals surface area contributed by atoms with Gasteiger partial charge in [0.25, 0.3) is 0 Å². The van der Waals surface area contributed by atoms with Gasteiger partial charge >= 0.3 is 0 Å². The van der Waals surface area contributed by atoms with E-state index in [-0.39, 0.29) is 11.9 Å². The van der Waals surface area contributed by atoms with E-state index in [4.69, 9.17) is 0 Å². The SMILES string of the molecule is CCCNC(C)c1ccc(N(C)C(C)CC(C)C)c(F)c1. The zero-order valence-corrected chi connectivity index (χ0v) is 14.4. The molecule has 0 fully saturated rings. The summed E-state index contributed by atoms with van der Waals surface area (Å²) in [5.41, 5.74) is 1.70. The van der Waals surface area contributed by atoms with Gasteiger partial charge in [-0.15, -0.1) is 0 Å². The van der Waals surface area contributed by atoms with E-state index in [1.807, 2.05) is 24.1 Å². The van der Waals surface area contributed by atoms with Crippen molar-refractivity contribution < 1.29 is 4.39 Å². The molecule has 0 aromatic heterocycles. The van der Waals surface area contributed by atoms with Gasteiger partial charge < -0.3 is 10.2 Å². The van der Waals surface area contributed by atoms with E-state index in [9.17, 15) is 4.39 Å². The number of hydrogen-bond donors (Lipinski definition) is 1. The summed E-state index contributed by atoms with van der Waals surface area (Å²) >= 11 is 0. The van der Waals surface area contributed by atoms with Gasteiger partial charge in [0.15, 0.2) is 0 Å². The summed E-state index contributed by atoms with van der Waals surface area (Å²) in [5, 5.41) is 3.39. The van der Waals surface area contributed by atoms with Crippen LogP contribution < -0.4 is 10.2 Å². The third-order valence-electron chi connectivity index (χ3n) is 4.03. The molecule has 0 bridgehead atoms. The van der Waals surface area contributed by atoms with Gasteiger partial charge in [0.1, 0.15) is 5.82 Å². The Morgan fingerprint density at radius 2 is 1.86 bits per heavy atom. The molecule has 120 valence electrons. The molecule has 0 aliphatic rings. The molecule has 1 rings (SSSR count). The fourth-order valence-corrected chi connectivity index (χ4v) is 2.63. The number of halogens is 1. The van der Waals surface area contributed by atoms with E-state index in [0.717, 1.165) is 24.9 Å². The summed E-state index contributed by atoms with van der Waals surface area (Å²) in [5.74, 6) is 0.485. The van der Waals surface area contributed by atoms with E-state index >= 15 is 0 Å². The molecule has 0 heterocycles. The highest BCUT2D eigenvalue weighted by atomic mass is 19.1. The van der Waals surface area contributed by atoms with Crippen molar-refractivity contribution in [1.29, 1.82) is 0 Å². The van der Waals surface area contributed by atoms with E-state index in [1.54, 1.807) is 6.07 Å². The highest BCUT2D eigenvalue weighted by molar-refractivity contribution is 5.49. The Balaban J connectivity index is 2.82. The summed E-state index contributed by atoms with van der Waals surface area (Å²) in [6, 6.07) is 6.13. The Morgan fingerprint density at radius 3 is 2.38 bits per heavy atom. The molecule has 2 nitrogen and oxygen atoms in total. The van der Waals surface area contributed by atoms with Gasteiger partial charge in [-0.2, -0.15) is 0 Å². The first kappa shape index (κ1) is 18.0. The average molecular weight is 294 g/mol. The second-order valence-corrected chi connectivity index (χ2v) is 6.48. The highest BCUT2D eigenvalue weighted by Gasteiger charge is 2.16. The summed E-state index contributed by atoms with van der Waals surface area (Å²) < 4.78 is 14.4. The smallest absolute Gasteiger partial charge is 0.146 e. The molecule has 0 spiro atoms. The van der Waals surface area contributed by atoms with E-state index in [1.165, 1.54) is 0 Å². The van der Waals surface area contributed by atoms with Crippen molar-refractivity contribution in [1.82, 2.24) is 5.32 Å². The molecule has 0 aliphatic heterocycles. The Bertz CT molecular complexity index is 431. The largest absolute Gasteiger partial charge is 0.370 e. The molecular weight excluding hydrogens is 263 g/mol. The standard InChI is InChI=1S/C18H31FN2/c1-7-10-20-15(5)16-8-9-18(17(19)12-16)21(6)14(4)11-13(2)3/h8-9,12-15,20H,7,10-11H2,1-6H3. The van der Waals surface area contributed by atoms with Crippen LogP contribution >= 0.6 is 0 Å². The van der Waals surface area contributed by atoms with Crippen LogP contribution in [0.3, 0.4) is 0 Å². The lowest BCUT2D eigenvalue weighted by Gasteiger charge is -2.29. The van der Waals surface area contributed by atoms with Crippen LogP contribution in [0.5, 0.6) is 0 Å². The van der Waals surface area contributed by atoms with Crippen LogP contribution in [0, 0.1) is 11.7 Å². The molecule has 2 atom stereocenters. The van der Waals surface area contributed by atoms with Crippen LogP contribution in [0.1, 0.15) is 59.1 Å². The Morgan fingerprint density at radius 1 is 1.19 bits per heavy atom. The second-order valence-electron chi connectivity index (χ2n) is 6.48. The molecule has 0 radical (unpaired) electrons. The minimum absolute atomic E-state index is 0.129. The molecule has 1 aromatic carbocycles. The third-order valence-corrected chi connectivity index (χ3v) is 4.03. The number of rotatable bonds is 8. The minimum atomic E-state index is -0.129. The van der Waals surface area contributed by atoms with Crippen molar-refractivity contribution >= 4 is 5.69 Å². The van der Waals surface area contributed by atoms with Gasteiger partial charge in [-0.1, -0.05) is 26.8 Å². The Labute approximate surface area is 129 Å². The van der Waals surface area contributed by atoms with Crippen molar-refractivity contribution in [3.63, 3.8) is 0 Å². The first-order valence-corrected chi connectivity index (χ1v) is 8.12. The lowest BCUT2D eigenvalue weighted by Crippen LogP contribution is -2.30. The molecule has 0 saturated heterocycles. The molecule has 0 aliphatic carbocycles. The van der Waals surface area contributed by atoms with E-state index in [2.05, 4.69) is 39.9 Å².